The first-order valence-corrected chi connectivity index (χ1v) is 5.81. The molecule has 0 radical (unpaired) electrons. The summed E-state index contributed by atoms with van der Waals surface area (Å²) in [6, 6.07) is 6.90. The van der Waals surface area contributed by atoms with Gasteiger partial charge in [-0.3, -0.25) is 4.79 Å². The maximum Gasteiger partial charge on any atom is 0.221 e. The number of hydrogen-bond acceptors (Lipinski definition) is 3. The van der Waals surface area contributed by atoms with Gasteiger partial charge in [-0.05, 0) is 30.3 Å². The Morgan fingerprint density at radius 1 is 1.19 bits per heavy atom. The molecule has 0 aliphatic heterocycles. The molecule has 0 spiro atoms. The van der Waals surface area contributed by atoms with E-state index in [0.717, 1.165) is 5.57 Å². The largest absolute Gasteiger partial charge is 0.465 e. The van der Waals surface area contributed by atoms with Crippen molar-refractivity contribution in [3.8, 4) is 0 Å². The maximum atomic E-state index is 11.7. The van der Waals surface area contributed by atoms with E-state index in [4.69, 9.17) is 8.83 Å². The number of allylic oxidation sites excluding steroid dienone is 2. The van der Waals surface area contributed by atoms with Crippen LogP contribution in [0.25, 0.3) is 5.57 Å². The van der Waals surface area contributed by atoms with Crippen molar-refractivity contribution in [1.29, 1.82) is 0 Å². The van der Waals surface area contributed by atoms with Gasteiger partial charge in [0.1, 0.15) is 5.76 Å². The lowest BCUT2D eigenvalue weighted by Crippen LogP contribution is -1.94. The summed E-state index contributed by atoms with van der Waals surface area (Å²) in [6.45, 7) is 0. The van der Waals surface area contributed by atoms with Crippen LogP contribution in [0.2, 0.25) is 0 Å². The summed E-state index contributed by atoms with van der Waals surface area (Å²) >= 11 is 3.32. The van der Waals surface area contributed by atoms with E-state index >= 15 is 0 Å². The average molecular weight is 281 g/mol. The second-order valence-electron chi connectivity index (χ2n) is 3.12. The van der Waals surface area contributed by atoms with E-state index in [1.807, 2.05) is 6.07 Å². The van der Waals surface area contributed by atoms with Crippen LogP contribution < -0.4 is 0 Å². The number of furan rings is 2. The Hall–Kier alpha value is -1.55. The fourth-order valence-corrected chi connectivity index (χ4v) is 1.72. The number of hydrogen-bond donors (Lipinski definition) is 0. The van der Waals surface area contributed by atoms with Crippen molar-refractivity contribution in [3.63, 3.8) is 0 Å². The first-order valence-electron chi connectivity index (χ1n) is 4.69. The van der Waals surface area contributed by atoms with E-state index < -0.39 is 0 Å². The molecule has 2 heterocycles. The van der Waals surface area contributed by atoms with Gasteiger partial charge in [-0.15, -0.1) is 0 Å². The molecular formula is C12H9BrO3. The zero-order valence-corrected chi connectivity index (χ0v) is 9.94. The fraction of sp³-hybridized carbons (Fsp3) is 0.0833. The van der Waals surface area contributed by atoms with Gasteiger partial charge >= 0.3 is 0 Å². The number of rotatable bonds is 4. The molecule has 3 nitrogen and oxygen atoms in total. The molecule has 0 aliphatic rings. The highest BCUT2D eigenvalue weighted by atomic mass is 79.9. The van der Waals surface area contributed by atoms with Gasteiger partial charge in [-0.25, -0.2) is 0 Å². The average Bonchev–Trinajstić information content (AvgIpc) is 2.96. The molecule has 0 saturated carbocycles. The molecule has 0 saturated heterocycles. The molecule has 0 aromatic carbocycles. The summed E-state index contributed by atoms with van der Waals surface area (Å²) in [5.41, 5.74) is 0.784. The Morgan fingerprint density at radius 2 is 1.81 bits per heavy atom. The van der Waals surface area contributed by atoms with Crippen LogP contribution in [0.5, 0.6) is 0 Å². The van der Waals surface area contributed by atoms with Gasteiger partial charge < -0.3 is 8.83 Å². The van der Waals surface area contributed by atoms with Crippen LogP contribution in [0.15, 0.2) is 51.7 Å². The first-order chi connectivity index (χ1) is 7.81. The van der Waals surface area contributed by atoms with Gasteiger partial charge in [-0.1, -0.05) is 15.9 Å². The zero-order chi connectivity index (χ0) is 11.4. The molecule has 16 heavy (non-hydrogen) atoms. The Bertz CT molecular complexity index is 480. The summed E-state index contributed by atoms with van der Waals surface area (Å²) in [5, 5.41) is 0.549. The third-order valence-corrected chi connectivity index (χ3v) is 2.66. The van der Waals surface area contributed by atoms with Crippen LogP contribution in [0.4, 0.5) is 0 Å². The summed E-state index contributed by atoms with van der Waals surface area (Å²) in [6.07, 6.45) is 4.55. The van der Waals surface area contributed by atoms with Crippen molar-refractivity contribution < 1.29 is 13.6 Å². The van der Waals surface area contributed by atoms with Crippen LogP contribution in [0, 0.1) is 0 Å². The topological polar surface area (TPSA) is 43.4 Å². The fourth-order valence-electron chi connectivity index (χ4n) is 1.28. The van der Waals surface area contributed by atoms with Crippen molar-refractivity contribution in [3.05, 3.63) is 54.4 Å². The Kier molecular flexibility index (Phi) is 3.41. The molecule has 0 atom stereocenters. The van der Waals surface area contributed by atoms with E-state index in [-0.39, 0.29) is 5.78 Å². The molecule has 0 N–H and O–H groups in total. The molecule has 0 amide bonds. The minimum atomic E-state index is -0.171. The van der Waals surface area contributed by atoms with Crippen molar-refractivity contribution in [1.82, 2.24) is 0 Å². The number of carbonyl (C=O) groups is 1. The molecule has 82 valence electrons. The Morgan fingerprint density at radius 3 is 2.31 bits per heavy atom. The molecule has 0 aliphatic carbocycles. The van der Waals surface area contributed by atoms with Crippen molar-refractivity contribution >= 4 is 27.3 Å². The van der Waals surface area contributed by atoms with Crippen molar-refractivity contribution in [2.45, 2.75) is 0 Å². The number of alkyl halides is 1. The van der Waals surface area contributed by atoms with E-state index in [1.54, 1.807) is 24.5 Å². The van der Waals surface area contributed by atoms with Gasteiger partial charge in [0.15, 0.2) is 5.76 Å². The van der Waals surface area contributed by atoms with Crippen molar-refractivity contribution in [2.75, 3.05) is 5.33 Å². The summed E-state index contributed by atoms with van der Waals surface area (Å²) in [7, 11) is 0. The lowest BCUT2D eigenvalue weighted by Gasteiger charge is -1.97. The van der Waals surface area contributed by atoms with Gasteiger partial charge in [0.25, 0.3) is 0 Å². The lowest BCUT2D eigenvalue weighted by molar-refractivity contribution is 0.102. The maximum absolute atomic E-state index is 11.7. The van der Waals surface area contributed by atoms with Crippen LogP contribution in [-0.2, 0) is 0 Å². The van der Waals surface area contributed by atoms with Crippen LogP contribution in [-0.4, -0.2) is 11.1 Å². The predicted molar refractivity (Wildman–Crippen MR) is 63.5 cm³/mol. The molecule has 0 fully saturated rings. The normalized spacial score (nSPS) is 11.7. The third kappa shape index (κ3) is 2.33. The quantitative estimate of drug-likeness (QED) is 0.489. The SMILES string of the molecule is O=C(/C=C(/CBr)c1ccco1)c1ccco1. The minimum Gasteiger partial charge on any atom is -0.465 e. The summed E-state index contributed by atoms with van der Waals surface area (Å²) < 4.78 is 10.2. The third-order valence-electron chi connectivity index (χ3n) is 2.05. The minimum absolute atomic E-state index is 0.171. The molecule has 0 bridgehead atoms. The highest BCUT2D eigenvalue weighted by molar-refractivity contribution is 9.09. The van der Waals surface area contributed by atoms with Crippen molar-refractivity contribution in [2.24, 2.45) is 0 Å². The molecule has 2 rings (SSSR count). The standard InChI is InChI=1S/C12H9BrO3/c13-8-9(11-3-1-5-15-11)7-10(14)12-4-2-6-16-12/h1-7H,8H2/b9-7-. The smallest absolute Gasteiger partial charge is 0.221 e. The second-order valence-corrected chi connectivity index (χ2v) is 3.68. The monoisotopic (exact) mass is 280 g/mol. The zero-order valence-electron chi connectivity index (χ0n) is 8.35. The lowest BCUT2D eigenvalue weighted by atomic mass is 10.1. The predicted octanol–water partition coefficient (Wildman–Crippen LogP) is 3.53. The van der Waals surface area contributed by atoms with Crippen LogP contribution in [0.1, 0.15) is 16.3 Å². The van der Waals surface area contributed by atoms with E-state index in [0.29, 0.717) is 16.9 Å². The first kappa shape index (κ1) is 11.0. The second kappa shape index (κ2) is 4.99. The van der Waals surface area contributed by atoms with E-state index in [2.05, 4.69) is 15.9 Å². The van der Waals surface area contributed by atoms with Gasteiger partial charge in [0.05, 0.1) is 12.5 Å². The van der Waals surface area contributed by atoms with E-state index in [9.17, 15) is 4.79 Å². The molecule has 2 aromatic rings. The summed E-state index contributed by atoms with van der Waals surface area (Å²) in [5.74, 6) is 0.831. The highest BCUT2D eigenvalue weighted by Crippen LogP contribution is 2.18. The number of ketones is 1. The molecule has 0 unspecified atom stereocenters. The number of halogens is 1. The van der Waals surface area contributed by atoms with Crippen LogP contribution in [0.3, 0.4) is 0 Å². The highest BCUT2D eigenvalue weighted by Gasteiger charge is 2.09. The van der Waals surface area contributed by atoms with Gasteiger partial charge in [0, 0.05) is 10.9 Å². The molecular weight excluding hydrogens is 272 g/mol. The van der Waals surface area contributed by atoms with Gasteiger partial charge in [0.2, 0.25) is 5.78 Å². The van der Waals surface area contributed by atoms with E-state index in [1.165, 1.54) is 12.3 Å². The number of carbonyl (C=O) groups excluding carboxylic acids is 1. The Labute approximate surface area is 101 Å². The van der Waals surface area contributed by atoms with Gasteiger partial charge in [-0.2, -0.15) is 0 Å². The summed E-state index contributed by atoms with van der Waals surface area (Å²) in [4.78, 5) is 11.7. The molecule has 4 heteroatoms. The Balaban J connectivity index is 2.25. The van der Waals surface area contributed by atoms with Crippen LogP contribution >= 0.6 is 15.9 Å². The molecule has 2 aromatic heterocycles.